The van der Waals surface area contributed by atoms with Crippen molar-refractivity contribution < 1.29 is 14.3 Å². The Bertz CT molecular complexity index is 865. The third-order valence-electron chi connectivity index (χ3n) is 7.11. The zero-order valence-electron chi connectivity index (χ0n) is 25.6. The predicted octanol–water partition coefficient (Wildman–Crippen LogP) is 10.7. The molecular formula is C34H56O3S2. The minimum Gasteiger partial charge on any atom is -0.497 e. The molecule has 0 unspecified atom stereocenters. The predicted molar refractivity (Wildman–Crippen MR) is 177 cm³/mol. The number of esters is 1. The lowest BCUT2D eigenvalue weighted by molar-refractivity contribution is -0.145. The number of ether oxygens (including phenoxy) is 2. The summed E-state index contributed by atoms with van der Waals surface area (Å²) in [5.41, 5.74) is 0.996. The molecule has 0 saturated carbocycles. The maximum Gasteiger partial charge on any atom is 0.313 e. The lowest BCUT2D eigenvalue weighted by Gasteiger charge is -2.13. The molecule has 2 aromatic carbocycles. The first kappa shape index (κ1) is 35.7. The number of hydrogen-bond donors (Lipinski definition) is 0. The lowest BCUT2D eigenvalue weighted by Crippen LogP contribution is -2.14. The third kappa shape index (κ3) is 17.2. The molecule has 0 amide bonds. The molecule has 0 aromatic heterocycles. The molecule has 3 nitrogen and oxygen atoms in total. The van der Waals surface area contributed by atoms with Crippen molar-refractivity contribution in [3.05, 3.63) is 42.0 Å². The number of rotatable bonds is 21. The Hall–Kier alpha value is -1.33. The van der Waals surface area contributed by atoms with Gasteiger partial charge in [0.05, 0.1) is 19.6 Å². The number of benzene rings is 2. The van der Waals surface area contributed by atoms with Crippen LogP contribution in [0.2, 0.25) is 0 Å². The van der Waals surface area contributed by atoms with Gasteiger partial charge in [0, 0.05) is 0 Å². The van der Waals surface area contributed by atoms with Gasteiger partial charge in [-0.1, -0.05) is 102 Å². The molecule has 0 N–H and O–H groups in total. The molecular weight excluding hydrogens is 521 g/mol. The van der Waals surface area contributed by atoms with E-state index in [1.165, 1.54) is 88.6 Å². The maximum atomic E-state index is 12.4. The van der Waals surface area contributed by atoms with Crippen molar-refractivity contribution in [2.45, 2.75) is 110 Å². The summed E-state index contributed by atoms with van der Waals surface area (Å²) in [6, 6.07) is 12.1. The van der Waals surface area contributed by atoms with Crippen molar-refractivity contribution in [2.24, 2.45) is 0 Å². The molecule has 2 aromatic rings. The van der Waals surface area contributed by atoms with Gasteiger partial charge in [0.1, 0.15) is 5.75 Å². The maximum absolute atomic E-state index is 12.4. The molecule has 1 atom stereocenters. The average molecular weight is 577 g/mol. The zero-order chi connectivity index (χ0) is 28.6. The van der Waals surface area contributed by atoms with Crippen LogP contribution >= 0.6 is 23.5 Å². The Morgan fingerprint density at radius 1 is 0.718 bits per heavy atom. The van der Waals surface area contributed by atoms with E-state index in [4.69, 9.17) is 9.47 Å². The van der Waals surface area contributed by atoms with Crippen molar-refractivity contribution in [1.29, 1.82) is 0 Å². The third-order valence-corrected chi connectivity index (χ3v) is 8.51. The van der Waals surface area contributed by atoms with Crippen molar-refractivity contribution in [2.75, 3.05) is 37.7 Å². The van der Waals surface area contributed by atoms with Crippen LogP contribution in [0.3, 0.4) is 0 Å². The van der Waals surface area contributed by atoms with Gasteiger partial charge in [-0.15, -0.1) is 0 Å². The number of thioether (sulfide) groups is 2. The quantitative estimate of drug-likeness (QED) is 0.109. The summed E-state index contributed by atoms with van der Waals surface area (Å²) in [5, 5.41) is 2.22. The summed E-state index contributed by atoms with van der Waals surface area (Å²) < 4.78 is 10.8. The Labute approximate surface area is 249 Å². The van der Waals surface area contributed by atoms with E-state index in [0.717, 1.165) is 34.9 Å². The minimum absolute atomic E-state index is 0.130. The molecule has 0 aliphatic heterocycles. The van der Waals surface area contributed by atoms with Gasteiger partial charge < -0.3 is 9.47 Å². The van der Waals surface area contributed by atoms with E-state index in [0.29, 0.717) is 6.61 Å². The lowest BCUT2D eigenvalue weighted by atomic mass is 9.98. The van der Waals surface area contributed by atoms with E-state index in [9.17, 15) is 4.79 Å². The monoisotopic (exact) mass is 576 g/mol. The van der Waals surface area contributed by atoms with Gasteiger partial charge in [-0.25, -0.2) is 0 Å². The fourth-order valence-electron chi connectivity index (χ4n) is 4.51. The van der Waals surface area contributed by atoms with Crippen LogP contribution in [0.15, 0.2) is 36.4 Å². The first-order chi connectivity index (χ1) is 19.1. The highest BCUT2D eigenvalue weighted by molar-refractivity contribution is 7.98. The van der Waals surface area contributed by atoms with Gasteiger partial charge in [-0.3, -0.25) is 4.79 Å². The molecule has 0 saturated heterocycles. The van der Waals surface area contributed by atoms with E-state index in [2.05, 4.69) is 25.5 Å². The molecule has 5 heteroatoms. The topological polar surface area (TPSA) is 35.5 Å². The first-order valence-corrected chi connectivity index (χ1v) is 18.1. The number of fused-ring (bicyclic) bond motifs is 1. The number of unbranched alkanes of at least 4 members (excludes halogenated alkanes) is 12. The fraction of sp³-hybridized carbons (Fsp3) is 0.676. The van der Waals surface area contributed by atoms with Crippen molar-refractivity contribution in [3.63, 3.8) is 0 Å². The van der Waals surface area contributed by atoms with Crippen LogP contribution in [0.5, 0.6) is 5.75 Å². The molecule has 0 fully saturated rings. The second kappa shape index (κ2) is 24.5. The summed E-state index contributed by atoms with van der Waals surface area (Å²) in [6.45, 7) is 4.70. The highest BCUT2D eigenvalue weighted by Crippen LogP contribution is 2.26. The van der Waals surface area contributed by atoms with E-state index in [-0.39, 0.29) is 11.9 Å². The smallest absolute Gasteiger partial charge is 0.313 e. The van der Waals surface area contributed by atoms with Crippen LogP contribution in [0.25, 0.3) is 10.8 Å². The van der Waals surface area contributed by atoms with Crippen LogP contribution in [-0.2, 0) is 9.53 Å². The Kier molecular flexibility index (Phi) is 22.4. The first-order valence-electron chi connectivity index (χ1n) is 15.3. The molecule has 222 valence electrons. The Morgan fingerprint density at radius 2 is 1.23 bits per heavy atom. The second-order valence-electron chi connectivity index (χ2n) is 10.4. The Morgan fingerprint density at radius 3 is 1.79 bits per heavy atom. The van der Waals surface area contributed by atoms with Gasteiger partial charge in [-0.2, -0.15) is 23.5 Å². The summed E-state index contributed by atoms with van der Waals surface area (Å²) in [6.07, 6.45) is 22.9. The van der Waals surface area contributed by atoms with Gasteiger partial charge in [0.25, 0.3) is 0 Å². The summed E-state index contributed by atoms with van der Waals surface area (Å²) >= 11 is 3.90. The van der Waals surface area contributed by atoms with Crippen LogP contribution in [0.1, 0.15) is 115 Å². The molecule has 0 bridgehead atoms. The van der Waals surface area contributed by atoms with Crippen LogP contribution in [-0.4, -0.2) is 43.7 Å². The van der Waals surface area contributed by atoms with Crippen molar-refractivity contribution in [1.82, 2.24) is 0 Å². The molecule has 2 rings (SSSR count). The SMILES string of the molecule is CCCCCCSC.COc1ccc2cc([C@H](C)C(=O)OCCCCCCCCCCCCSC)ccc2c1. The second-order valence-corrected chi connectivity index (χ2v) is 12.4. The minimum atomic E-state index is -0.248. The van der Waals surface area contributed by atoms with Crippen LogP contribution in [0.4, 0.5) is 0 Å². The largest absolute Gasteiger partial charge is 0.497 e. The molecule has 0 aliphatic carbocycles. The van der Waals surface area contributed by atoms with Gasteiger partial charge in [-0.05, 0) is 78.7 Å². The highest BCUT2D eigenvalue weighted by atomic mass is 32.2. The molecule has 39 heavy (non-hydrogen) atoms. The van der Waals surface area contributed by atoms with E-state index < -0.39 is 0 Å². The van der Waals surface area contributed by atoms with Crippen molar-refractivity contribution in [3.8, 4) is 5.75 Å². The van der Waals surface area contributed by atoms with E-state index in [1.807, 2.05) is 60.8 Å². The number of carbonyl (C=O) groups is 1. The normalized spacial score (nSPS) is 11.6. The number of methoxy groups -OCH3 is 1. The number of carbonyl (C=O) groups excluding carboxylic acids is 1. The molecule has 0 aliphatic rings. The molecule has 0 heterocycles. The average Bonchev–Trinajstić information content (AvgIpc) is 2.97. The van der Waals surface area contributed by atoms with Gasteiger partial charge in [0.15, 0.2) is 0 Å². The molecule has 0 spiro atoms. The molecule has 0 radical (unpaired) electrons. The summed E-state index contributed by atoms with van der Waals surface area (Å²) in [4.78, 5) is 12.4. The number of hydrogen-bond acceptors (Lipinski definition) is 5. The van der Waals surface area contributed by atoms with E-state index >= 15 is 0 Å². The van der Waals surface area contributed by atoms with E-state index in [1.54, 1.807) is 7.11 Å². The Balaban J connectivity index is 0.000000824. The zero-order valence-corrected chi connectivity index (χ0v) is 27.2. The highest BCUT2D eigenvalue weighted by Gasteiger charge is 2.17. The summed E-state index contributed by atoms with van der Waals surface area (Å²) in [7, 11) is 1.67. The van der Waals surface area contributed by atoms with Crippen LogP contribution < -0.4 is 4.74 Å². The summed E-state index contributed by atoms with van der Waals surface area (Å²) in [5.74, 6) is 3.12. The standard InChI is InChI=1S/C27H40O3S.C7H16S/c1-22(23-14-15-25-21-26(29-2)17-16-24(25)20-23)27(28)30-18-12-10-8-6-4-5-7-9-11-13-19-31-3;1-3-4-5-6-7-8-2/h14-17,20-22H,4-13,18-19H2,1-3H3;3-7H2,1-2H3/t22-;/m0./s1. The van der Waals surface area contributed by atoms with Crippen molar-refractivity contribution >= 4 is 40.3 Å². The fourth-order valence-corrected chi connectivity index (χ4v) is 5.49. The van der Waals surface area contributed by atoms with Crippen LogP contribution in [0, 0.1) is 0 Å². The van der Waals surface area contributed by atoms with Gasteiger partial charge in [0.2, 0.25) is 0 Å². The van der Waals surface area contributed by atoms with Gasteiger partial charge >= 0.3 is 5.97 Å².